The third-order valence-corrected chi connectivity index (χ3v) is 0.886. The van der Waals surface area contributed by atoms with Crippen LogP contribution in [0.15, 0.2) is 30.2 Å². The predicted molar refractivity (Wildman–Crippen MR) is 36.6 cm³/mol. The summed E-state index contributed by atoms with van der Waals surface area (Å²) in [4.78, 5) is 10.8. The van der Waals surface area contributed by atoms with Crippen LogP contribution in [0.2, 0.25) is 0 Å². The van der Waals surface area contributed by atoms with Crippen LogP contribution in [0.25, 0.3) is 0 Å². The maximum absolute atomic E-state index is 10.8. The number of benzene rings is 1. The van der Waals surface area contributed by atoms with E-state index in [1.54, 1.807) is 0 Å². The zero-order chi connectivity index (χ0) is 11.0. The van der Waals surface area contributed by atoms with Gasteiger partial charge >= 0.3 is 0 Å². The number of halogens is 1. The number of hydrogen-bond donors (Lipinski definition) is 0. The zero-order valence-electron chi connectivity index (χ0n) is 9.29. The van der Waals surface area contributed by atoms with E-state index in [1.165, 1.54) is 0 Å². The van der Waals surface area contributed by atoms with Crippen molar-refractivity contribution < 1.29 is 11.6 Å². The van der Waals surface area contributed by atoms with Crippen LogP contribution in [0.4, 0.5) is 0 Å². The predicted octanol–water partition coefficient (Wildman–Crippen LogP) is 2.07. The molecule has 0 aromatic heterocycles. The third-order valence-electron chi connectivity index (χ3n) is 0.697. The van der Waals surface area contributed by atoms with Crippen molar-refractivity contribution in [3.05, 3.63) is 35.8 Å². The number of carbonyl (C=O) groups is 1. The second kappa shape index (κ2) is 2.65. The average Bonchev–Trinajstić information content (AvgIpc) is 2.11. The fourth-order valence-corrected chi connectivity index (χ4v) is 0.443. The molecule has 1 rings (SSSR count). The normalized spacial score (nSPS) is 16.8. The molecule has 46 valence electrons. The highest BCUT2D eigenvalue weighted by Crippen LogP contribution is 2.01. The molecular weight excluding hydrogens is 136 g/mol. The Morgan fingerprint density at radius 1 is 1.44 bits per heavy atom. The maximum atomic E-state index is 10.8. The Hall–Kier alpha value is -0.820. The van der Waals surface area contributed by atoms with E-state index < -0.39 is 41.0 Å². The van der Waals surface area contributed by atoms with Crippen molar-refractivity contribution in [2.45, 2.75) is 0 Å². The topological polar surface area (TPSA) is 17.1 Å². The van der Waals surface area contributed by atoms with Crippen molar-refractivity contribution in [3.63, 3.8) is 0 Å². The van der Waals surface area contributed by atoms with Gasteiger partial charge in [0.2, 0.25) is 0 Å². The first-order valence-electron chi connectivity index (χ1n) is 4.64. The van der Waals surface area contributed by atoms with E-state index in [0.29, 0.717) is 0 Å². The highest BCUT2D eigenvalue weighted by atomic mass is 35.5. The second-order valence-corrected chi connectivity index (χ2v) is 1.62. The van der Waals surface area contributed by atoms with E-state index in [0.717, 1.165) is 0 Å². The molecule has 1 aromatic rings. The van der Waals surface area contributed by atoms with Crippen molar-refractivity contribution in [1.29, 1.82) is 0 Å². The minimum absolute atomic E-state index is 0.488. The average molecular weight is 146 g/mol. The van der Waals surface area contributed by atoms with Crippen LogP contribution in [0, 0.1) is 0 Å². The van der Waals surface area contributed by atoms with Crippen LogP contribution >= 0.6 is 11.6 Å². The van der Waals surface area contributed by atoms with E-state index in [4.69, 9.17) is 18.5 Å². The van der Waals surface area contributed by atoms with Gasteiger partial charge in [-0.1, -0.05) is 30.2 Å². The second-order valence-electron chi connectivity index (χ2n) is 1.27. The Morgan fingerprint density at radius 2 is 2.00 bits per heavy atom. The van der Waals surface area contributed by atoms with Crippen molar-refractivity contribution >= 4 is 16.8 Å². The van der Waals surface area contributed by atoms with Crippen molar-refractivity contribution in [2.24, 2.45) is 0 Å². The summed E-state index contributed by atoms with van der Waals surface area (Å²) < 4.78 is 36.2. The van der Waals surface area contributed by atoms with Gasteiger partial charge in [0.05, 0.1) is 6.85 Å². The molecular formula is C7H5ClO. The Balaban J connectivity index is 3.68. The van der Waals surface area contributed by atoms with Crippen molar-refractivity contribution in [3.8, 4) is 0 Å². The Morgan fingerprint density at radius 3 is 2.44 bits per heavy atom. The lowest BCUT2D eigenvalue weighted by atomic mass is 10.2. The van der Waals surface area contributed by atoms with Gasteiger partial charge in [-0.15, -0.1) is 0 Å². The third kappa shape index (κ3) is 1.54. The SMILES string of the molecule is [2H]c1c([2H])c([2H])c(C(=O)Cl)c([2H])c1[2H]. The van der Waals surface area contributed by atoms with Crippen LogP contribution < -0.4 is 0 Å². The van der Waals surface area contributed by atoms with Crippen LogP contribution in [0.5, 0.6) is 0 Å². The summed E-state index contributed by atoms with van der Waals surface area (Å²) in [6.07, 6.45) is 0. The monoisotopic (exact) mass is 145 g/mol. The molecule has 0 fully saturated rings. The number of hydrogen-bond acceptors (Lipinski definition) is 1. The van der Waals surface area contributed by atoms with Gasteiger partial charge in [0.15, 0.2) is 0 Å². The quantitative estimate of drug-likeness (QED) is 0.553. The van der Waals surface area contributed by atoms with E-state index in [9.17, 15) is 4.79 Å². The molecule has 0 bridgehead atoms. The molecule has 0 aliphatic heterocycles. The lowest BCUT2D eigenvalue weighted by Crippen LogP contribution is -1.84. The summed E-state index contributed by atoms with van der Waals surface area (Å²) in [5, 5.41) is -1.05. The Kier molecular flexibility index (Phi) is 0.714. The first-order chi connectivity index (χ1) is 6.37. The minimum Gasteiger partial charge on any atom is -0.276 e. The summed E-state index contributed by atoms with van der Waals surface area (Å²) in [5.41, 5.74) is -0.488. The van der Waals surface area contributed by atoms with Gasteiger partial charge in [0, 0.05) is 5.56 Å². The van der Waals surface area contributed by atoms with Crippen molar-refractivity contribution in [1.82, 2.24) is 0 Å². The highest BCUT2D eigenvalue weighted by Gasteiger charge is 1.95. The fourth-order valence-electron chi connectivity index (χ4n) is 0.348. The molecule has 0 atom stereocenters. The fraction of sp³-hybridized carbons (Fsp3) is 0. The molecule has 2 heteroatoms. The smallest absolute Gasteiger partial charge is 0.252 e. The number of rotatable bonds is 1. The first-order valence-corrected chi connectivity index (χ1v) is 2.52. The van der Waals surface area contributed by atoms with Gasteiger partial charge in [-0.2, -0.15) is 0 Å². The maximum Gasteiger partial charge on any atom is 0.252 e. The lowest BCUT2D eigenvalue weighted by Gasteiger charge is -1.87. The summed E-state index contributed by atoms with van der Waals surface area (Å²) in [6, 6.07) is -2.81. The molecule has 0 saturated heterocycles. The molecule has 0 amide bonds. The highest BCUT2D eigenvalue weighted by molar-refractivity contribution is 6.67. The Labute approximate surface area is 65.3 Å². The van der Waals surface area contributed by atoms with Crippen LogP contribution in [0.1, 0.15) is 17.2 Å². The Bertz CT molecular complexity index is 388. The van der Waals surface area contributed by atoms with Gasteiger partial charge in [-0.25, -0.2) is 0 Å². The summed E-state index contributed by atoms with van der Waals surface area (Å²) in [7, 11) is 0. The summed E-state index contributed by atoms with van der Waals surface area (Å²) in [6.45, 7) is 0. The molecule has 0 unspecified atom stereocenters. The van der Waals surface area contributed by atoms with Gasteiger partial charge in [-0.3, -0.25) is 4.79 Å². The van der Waals surface area contributed by atoms with Crippen LogP contribution in [-0.4, -0.2) is 5.24 Å². The molecule has 0 saturated carbocycles. The van der Waals surface area contributed by atoms with Gasteiger partial charge in [0.25, 0.3) is 5.24 Å². The van der Waals surface area contributed by atoms with Gasteiger partial charge < -0.3 is 0 Å². The first kappa shape index (κ1) is 2.43. The molecule has 1 nitrogen and oxygen atoms in total. The molecule has 0 aliphatic carbocycles. The minimum atomic E-state index is -1.05. The molecule has 0 N–H and O–H groups in total. The van der Waals surface area contributed by atoms with Crippen LogP contribution in [-0.2, 0) is 0 Å². The number of carbonyl (C=O) groups excluding carboxylic acids is 1. The molecule has 0 aliphatic rings. The summed E-state index contributed by atoms with van der Waals surface area (Å²) in [5.74, 6) is 0. The molecule has 9 heavy (non-hydrogen) atoms. The van der Waals surface area contributed by atoms with Gasteiger partial charge in [-0.05, 0) is 11.6 Å². The molecule has 0 heterocycles. The van der Waals surface area contributed by atoms with Crippen molar-refractivity contribution in [2.75, 3.05) is 0 Å². The zero-order valence-corrected chi connectivity index (χ0v) is 5.04. The molecule has 0 radical (unpaired) electrons. The largest absolute Gasteiger partial charge is 0.276 e. The molecule has 1 aromatic carbocycles. The van der Waals surface area contributed by atoms with E-state index in [2.05, 4.69) is 0 Å². The van der Waals surface area contributed by atoms with Crippen LogP contribution in [0.3, 0.4) is 0 Å². The lowest BCUT2D eigenvalue weighted by molar-refractivity contribution is 0.108. The summed E-state index contributed by atoms with van der Waals surface area (Å²) >= 11 is 5.10. The van der Waals surface area contributed by atoms with E-state index in [1.807, 2.05) is 0 Å². The van der Waals surface area contributed by atoms with E-state index >= 15 is 0 Å². The molecule has 0 spiro atoms. The van der Waals surface area contributed by atoms with Gasteiger partial charge in [0.1, 0.15) is 0 Å². The standard InChI is InChI=1S/C7H5ClO/c8-7(9)6-4-2-1-3-5-6/h1-5H/i1D,2D,3D,4D,5D. The van der Waals surface area contributed by atoms with E-state index in [-0.39, 0.29) is 0 Å².